The van der Waals surface area contributed by atoms with Gasteiger partial charge in [0.1, 0.15) is 5.75 Å². The first-order valence-corrected chi connectivity index (χ1v) is 6.28. The zero-order valence-corrected chi connectivity index (χ0v) is 10.0. The van der Waals surface area contributed by atoms with E-state index in [2.05, 4.69) is 29.6 Å². The van der Waals surface area contributed by atoms with Gasteiger partial charge in [0.2, 0.25) is 0 Å². The minimum Gasteiger partial charge on any atom is -0.490 e. The molecule has 1 saturated carbocycles. The molecule has 1 N–H and O–H groups in total. The predicted octanol–water partition coefficient (Wildman–Crippen LogP) is 2.77. The fraction of sp³-hybridized carbons (Fsp3) is 0.571. The molecule has 0 saturated heterocycles. The van der Waals surface area contributed by atoms with Crippen LogP contribution in [0, 0.1) is 0 Å². The summed E-state index contributed by atoms with van der Waals surface area (Å²) in [6.45, 7) is 1.03. The van der Waals surface area contributed by atoms with E-state index < -0.39 is 0 Å². The third kappa shape index (κ3) is 3.24. The van der Waals surface area contributed by atoms with Crippen LogP contribution in [0.15, 0.2) is 24.3 Å². The van der Waals surface area contributed by atoms with Crippen molar-refractivity contribution < 1.29 is 4.74 Å². The SMILES string of the molecule is CNCCc1ccc(OC2CCCC2)cc1. The summed E-state index contributed by atoms with van der Waals surface area (Å²) in [6.07, 6.45) is 6.64. The highest BCUT2D eigenvalue weighted by Crippen LogP contribution is 2.24. The van der Waals surface area contributed by atoms with Crippen LogP contribution >= 0.6 is 0 Å². The lowest BCUT2D eigenvalue weighted by Crippen LogP contribution is -2.11. The second-order valence-corrected chi connectivity index (χ2v) is 4.52. The zero-order chi connectivity index (χ0) is 11.2. The van der Waals surface area contributed by atoms with Gasteiger partial charge in [0.15, 0.2) is 0 Å². The molecule has 0 aliphatic heterocycles. The second kappa shape index (κ2) is 5.90. The monoisotopic (exact) mass is 219 g/mol. The lowest BCUT2D eigenvalue weighted by molar-refractivity contribution is 0.210. The van der Waals surface area contributed by atoms with Gasteiger partial charge in [-0.05, 0) is 63.4 Å². The van der Waals surface area contributed by atoms with Crippen LogP contribution in [0.3, 0.4) is 0 Å². The molecule has 0 bridgehead atoms. The first-order valence-electron chi connectivity index (χ1n) is 6.28. The Bertz CT molecular complexity index is 301. The van der Waals surface area contributed by atoms with Gasteiger partial charge in [-0.2, -0.15) is 0 Å². The van der Waals surface area contributed by atoms with Crippen molar-refractivity contribution >= 4 is 0 Å². The highest BCUT2D eigenvalue weighted by Gasteiger charge is 2.16. The van der Waals surface area contributed by atoms with E-state index in [9.17, 15) is 0 Å². The quantitative estimate of drug-likeness (QED) is 0.822. The van der Waals surface area contributed by atoms with Gasteiger partial charge in [0.05, 0.1) is 6.10 Å². The summed E-state index contributed by atoms with van der Waals surface area (Å²) in [6, 6.07) is 8.54. The van der Waals surface area contributed by atoms with Crippen LogP contribution in [0.4, 0.5) is 0 Å². The van der Waals surface area contributed by atoms with E-state index in [1.165, 1.54) is 31.2 Å². The van der Waals surface area contributed by atoms with Gasteiger partial charge in [-0.15, -0.1) is 0 Å². The first kappa shape index (κ1) is 11.5. The molecule has 0 atom stereocenters. The Morgan fingerprint density at radius 3 is 2.50 bits per heavy atom. The number of nitrogens with one attached hydrogen (secondary N) is 1. The van der Waals surface area contributed by atoms with E-state index in [1.807, 2.05) is 7.05 Å². The summed E-state index contributed by atoms with van der Waals surface area (Å²) >= 11 is 0. The van der Waals surface area contributed by atoms with Crippen LogP contribution in [0.25, 0.3) is 0 Å². The summed E-state index contributed by atoms with van der Waals surface area (Å²) in [5.74, 6) is 1.03. The standard InChI is InChI=1S/C14H21NO/c1-15-11-10-12-6-8-14(9-7-12)16-13-4-2-3-5-13/h6-9,13,15H,2-5,10-11H2,1H3. The zero-order valence-electron chi connectivity index (χ0n) is 10.0. The smallest absolute Gasteiger partial charge is 0.119 e. The van der Waals surface area contributed by atoms with E-state index in [-0.39, 0.29) is 0 Å². The molecule has 0 amide bonds. The molecular formula is C14H21NO. The van der Waals surface area contributed by atoms with Crippen molar-refractivity contribution in [3.8, 4) is 5.75 Å². The first-order chi connectivity index (χ1) is 7.88. The van der Waals surface area contributed by atoms with E-state index in [0.29, 0.717) is 6.10 Å². The Balaban J connectivity index is 1.86. The van der Waals surface area contributed by atoms with Crippen molar-refractivity contribution in [2.45, 2.75) is 38.2 Å². The molecule has 2 nitrogen and oxygen atoms in total. The van der Waals surface area contributed by atoms with Crippen LogP contribution in [0.5, 0.6) is 5.75 Å². The largest absolute Gasteiger partial charge is 0.490 e. The average molecular weight is 219 g/mol. The van der Waals surface area contributed by atoms with Gasteiger partial charge in [-0.3, -0.25) is 0 Å². The molecule has 1 aliphatic carbocycles. The summed E-state index contributed by atoms with van der Waals surface area (Å²) < 4.78 is 5.92. The fourth-order valence-corrected chi connectivity index (χ4v) is 2.20. The Labute approximate surface area is 98.0 Å². The lowest BCUT2D eigenvalue weighted by Gasteiger charge is -2.13. The van der Waals surface area contributed by atoms with Crippen molar-refractivity contribution in [1.29, 1.82) is 0 Å². The van der Waals surface area contributed by atoms with Gasteiger partial charge < -0.3 is 10.1 Å². The molecule has 16 heavy (non-hydrogen) atoms. The van der Waals surface area contributed by atoms with Crippen molar-refractivity contribution in [1.82, 2.24) is 5.32 Å². The van der Waals surface area contributed by atoms with E-state index in [4.69, 9.17) is 4.74 Å². The molecule has 88 valence electrons. The van der Waals surface area contributed by atoms with Crippen molar-refractivity contribution in [2.24, 2.45) is 0 Å². The number of hydrogen-bond donors (Lipinski definition) is 1. The average Bonchev–Trinajstić information content (AvgIpc) is 2.81. The summed E-state index contributed by atoms with van der Waals surface area (Å²) in [5, 5.41) is 3.16. The molecule has 0 radical (unpaired) electrons. The molecule has 0 heterocycles. The van der Waals surface area contributed by atoms with Crippen LogP contribution in [0.1, 0.15) is 31.2 Å². The molecule has 1 aromatic rings. The van der Waals surface area contributed by atoms with E-state index in [1.54, 1.807) is 0 Å². The Morgan fingerprint density at radius 2 is 1.88 bits per heavy atom. The van der Waals surface area contributed by atoms with Gasteiger partial charge in [0.25, 0.3) is 0 Å². The molecule has 0 unspecified atom stereocenters. The summed E-state index contributed by atoms with van der Waals surface area (Å²) in [5.41, 5.74) is 1.37. The Kier molecular flexibility index (Phi) is 4.23. The Hall–Kier alpha value is -1.02. The van der Waals surface area contributed by atoms with Gasteiger partial charge >= 0.3 is 0 Å². The molecular weight excluding hydrogens is 198 g/mol. The van der Waals surface area contributed by atoms with Gasteiger partial charge in [0, 0.05) is 0 Å². The molecule has 0 spiro atoms. The van der Waals surface area contributed by atoms with Crippen molar-refractivity contribution in [3.63, 3.8) is 0 Å². The topological polar surface area (TPSA) is 21.3 Å². The summed E-state index contributed by atoms with van der Waals surface area (Å²) in [7, 11) is 1.98. The molecule has 0 aromatic heterocycles. The molecule has 1 aromatic carbocycles. The number of rotatable bonds is 5. The normalized spacial score (nSPS) is 16.6. The highest BCUT2D eigenvalue weighted by atomic mass is 16.5. The molecule has 2 rings (SSSR count). The van der Waals surface area contributed by atoms with Crippen LogP contribution in [-0.2, 0) is 6.42 Å². The lowest BCUT2D eigenvalue weighted by atomic mass is 10.1. The minimum atomic E-state index is 0.461. The van der Waals surface area contributed by atoms with Gasteiger partial charge in [-0.25, -0.2) is 0 Å². The van der Waals surface area contributed by atoms with E-state index in [0.717, 1.165) is 18.7 Å². The van der Waals surface area contributed by atoms with Crippen molar-refractivity contribution in [2.75, 3.05) is 13.6 Å². The molecule has 1 fully saturated rings. The van der Waals surface area contributed by atoms with Crippen LogP contribution < -0.4 is 10.1 Å². The highest BCUT2D eigenvalue weighted by molar-refractivity contribution is 5.27. The number of hydrogen-bond acceptors (Lipinski definition) is 2. The molecule has 1 aliphatic rings. The second-order valence-electron chi connectivity index (χ2n) is 4.52. The van der Waals surface area contributed by atoms with Gasteiger partial charge in [-0.1, -0.05) is 12.1 Å². The third-order valence-electron chi connectivity index (χ3n) is 3.19. The molecule has 2 heteroatoms. The maximum atomic E-state index is 5.92. The van der Waals surface area contributed by atoms with Crippen molar-refractivity contribution in [3.05, 3.63) is 29.8 Å². The predicted molar refractivity (Wildman–Crippen MR) is 67.0 cm³/mol. The van der Waals surface area contributed by atoms with Crippen LogP contribution in [-0.4, -0.2) is 19.7 Å². The number of ether oxygens (including phenoxy) is 1. The third-order valence-corrected chi connectivity index (χ3v) is 3.19. The minimum absolute atomic E-state index is 0.461. The number of likely N-dealkylation sites (N-methyl/N-ethyl adjacent to an activating group) is 1. The van der Waals surface area contributed by atoms with Crippen LogP contribution in [0.2, 0.25) is 0 Å². The number of benzene rings is 1. The maximum absolute atomic E-state index is 5.92. The fourth-order valence-electron chi connectivity index (χ4n) is 2.20. The summed E-state index contributed by atoms with van der Waals surface area (Å²) in [4.78, 5) is 0. The maximum Gasteiger partial charge on any atom is 0.119 e. The van der Waals surface area contributed by atoms with E-state index >= 15 is 0 Å². The Morgan fingerprint density at radius 1 is 1.19 bits per heavy atom.